The number of aryl methyl sites for hydroxylation is 2. The van der Waals surface area contributed by atoms with Crippen molar-refractivity contribution < 1.29 is 9.31 Å². The second-order valence-corrected chi connectivity index (χ2v) is 10.4. The van der Waals surface area contributed by atoms with Crippen molar-refractivity contribution in [1.82, 2.24) is 0 Å². The minimum Gasteiger partial charge on any atom is -0.529 e. The number of hydrogen-bond donors (Lipinski definition) is 0. The average Bonchev–Trinajstić information content (AvgIpc) is 3.06. The Bertz CT molecular complexity index is 1590. The van der Waals surface area contributed by atoms with Crippen LogP contribution in [0.4, 0.5) is 34.1 Å². The maximum absolute atomic E-state index is 5.95. The van der Waals surface area contributed by atoms with Crippen LogP contribution in [0.25, 0.3) is 0 Å². The Hall–Kier alpha value is -5.42. The quantitative estimate of drug-likeness (QED) is 0.156. The SMILES string of the molecule is Cc1ccc(N(c2ccccc2)c2ccc(OBOc3ccc(N(c4ccccc4)c4ccc(C)cc4)cc3)cc2)cc1. The van der Waals surface area contributed by atoms with Crippen LogP contribution in [0.1, 0.15) is 11.1 Å². The molecule has 0 atom stereocenters. The van der Waals surface area contributed by atoms with Gasteiger partial charge >= 0.3 is 7.69 Å². The summed E-state index contributed by atoms with van der Waals surface area (Å²) in [5, 5.41) is 0. The molecule has 0 amide bonds. The smallest absolute Gasteiger partial charge is 0.529 e. The summed E-state index contributed by atoms with van der Waals surface area (Å²) >= 11 is 0. The van der Waals surface area contributed by atoms with Crippen molar-refractivity contribution in [2.45, 2.75) is 13.8 Å². The van der Waals surface area contributed by atoms with E-state index in [0.29, 0.717) is 0 Å². The lowest BCUT2D eigenvalue weighted by Crippen LogP contribution is -2.12. The molecule has 6 aromatic carbocycles. The molecule has 0 spiro atoms. The van der Waals surface area contributed by atoms with Crippen LogP contribution < -0.4 is 19.1 Å². The average molecular weight is 561 g/mol. The minimum absolute atomic E-state index is 0.111. The van der Waals surface area contributed by atoms with Gasteiger partial charge < -0.3 is 19.1 Å². The van der Waals surface area contributed by atoms with E-state index in [2.05, 4.69) is 145 Å². The first-order chi connectivity index (χ1) is 21.1. The molecule has 0 heterocycles. The summed E-state index contributed by atoms with van der Waals surface area (Å²) in [5.41, 5.74) is 8.96. The Labute approximate surface area is 254 Å². The molecule has 6 aromatic rings. The van der Waals surface area contributed by atoms with E-state index in [1.165, 1.54) is 11.1 Å². The second kappa shape index (κ2) is 13.0. The lowest BCUT2D eigenvalue weighted by Gasteiger charge is -2.26. The van der Waals surface area contributed by atoms with Crippen molar-refractivity contribution in [2.24, 2.45) is 0 Å². The molecular weight excluding hydrogens is 527 g/mol. The predicted octanol–water partition coefficient (Wildman–Crippen LogP) is 9.97. The Morgan fingerprint density at radius 3 is 0.953 bits per heavy atom. The third-order valence-electron chi connectivity index (χ3n) is 7.25. The van der Waals surface area contributed by atoms with Gasteiger partial charge in [0.1, 0.15) is 11.5 Å². The van der Waals surface area contributed by atoms with Gasteiger partial charge in [-0.3, -0.25) is 0 Å². The number of anilines is 6. The molecule has 6 rings (SSSR count). The van der Waals surface area contributed by atoms with Gasteiger partial charge in [0.15, 0.2) is 0 Å². The molecule has 0 saturated carbocycles. The summed E-state index contributed by atoms with van der Waals surface area (Å²) in [6, 6.07) is 54.0. The van der Waals surface area contributed by atoms with Crippen LogP contribution >= 0.6 is 0 Å². The molecule has 0 aliphatic carbocycles. The fourth-order valence-electron chi connectivity index (χ4n) is 4.98. The van der Waals surface area contributed by atoms with Crippen molar-refractivity contribution in [3.8, 4) is 11.5 Å². The highest BCUT2D eigenvalue weighted by atomic mass is 16.6. The van der Waals surface area contributed by atoms with Gasteiger partial charge in [0.25, 0.3) is 0 Å². The monoisotopic (exact) mass is 560 g/mol. The summed E-state index contributed by atoms with van der Waals surface area (Å²) in [6.45, 7) is 4.20. The molecule has 0 aliphatic rings. The molecule has 0 bridgehead atoms. The topological polar surface area (TPSA) is 24.9 Å². The van der Waals surface area contributed by atoms with Gasteiger partial charge in [0, 0.05) is 34.1 Å². The van der Waals surface area contributed by atoms with E-state index in [-0.39, 0.29) is 7.69 Å². The summed E-state index contributed by atoms with van der Waals surface area (Å²) in [5.74, 6) is 1.49. The van der Waals surface area contributed by atoms with Gasteiger partial charge in [-0.05, 0) is 111 Å². The Morgan fingerprint density at radius 1 is 0.349 bits per heavy atom. The Kier molecular flexibility index (Phi) is 8.42. The first-order valence-corrected chi connectivity index (χ1v) is 14.4. The van der Waals surface area contributed by atoms with Crippen LogP contribution in [0.2, 0.25) is 0 Å². The molecule has 0 unspecified atom stereocenters. The predicted molar refractivity (Wildman–Crippen MR) is 180 cm³/mol. The molecular formula is C38H33BN2O2. The van der Waals surface area contributed by atoms with E-state index in [1.807, 2.05) is 36.4 Å². The molecule has 210 valence electrons. The van der Waals surface area contributed by atoms with E-state index >= 15 is 0 Å². The molecule has 0 saturated heterocycles. The van der Waals surface area contributed by atoms with Crippen LogP contribution in [-0.4, -0.2) is 7.69 Å². The molecule has 43 heavy (non-hydrogen) atoms. The Balaban J connectivity index is 1.12. The summed E-state index contributed by atoms with van der Waals surface area (Å²) in [7, 11) is 0.111. The number of rotatable bonds is 10. The van der Waals surface area contributed by atoms with Crippen molar-refractivity contribution in [2.75, 3.05) is 9.80 Å². The van der Waals surface area contributed by atoms with Gasteiger partial charge in [-0.15, -0.1) is 0 Å². The zero-order valence-corrected chi connectivity index (χ0v) is 24.4. The normalized spacial score (nSPS) is 10.6. The first kappa shape index (κ1) is 27.7. The largest absolute Gasteiger partial charge is 0.576 e. The third-order valence-corrected chi connectivity index (χ3v) is 7.25. The number of nitrogens with zero attached hydrogens (tertiary/aromatic N) is 2. The summed E-state index contributed by atoms with van der Waals surface area (Å²) in [6.07, 6.45) is 0. The van der Waals surface area contributed by atoms with E-state index in [4.69, 9.17) is 9.31 Å². The molecule has 0 aromatic heterocycles. The maximum Gasteiger partial charge on any atom is 0.576 e. The minimum atomic E-state index is 0.111. The molecule has 4 nitrogen and oxygen atoms in total. The van der Waals surface area contributed by atoms with E-state index < -0.39 is 0 Å². The molecule has 0 aliphatic heterocycles. The lowest BCUT2D eigenvalue weighted by atomic mass is 10.1. The van der Waals surface area contributed by atoms with Crippen molar-refractivity contribution in [3.05, 3.63) is 169 Å². The maximum atomic E-state index is 5.95. The van der Waals surface area contributed by atoms with E-state index in [0.717, 1.165) is 45.6 Å². The van der Waals surface area contributed by atoms with Crippen LogP contribution in [0.5, 0.6) is 11.5 Å². The summed E-state index contributed by atoms with van der Waals surface area (Å²) < 4.78 is 11.9. The third kappa shape index (κ3) is 6.74. The van der Waals surface area contributed by atoms with Crippen molar-refractivity contribution in [3.63, 3.8) is 0 Å². The van der Waals surface area contributed by atoms with Crippen molar-refractivity contribution in [1.29, 1.82) is 0 Å². The fraction of sp³-hybridized carbons (Fsp3) is 0.0526. The molecule has 5 heteroatoms. The van der Waals surface area contributed by atoms with Crippen LogP contribution in [0, 0.1) is 13.8 Å². The van der Waals surface area contributed by atoms with E-state index in [9.17, 15) is 0 Å². The molecule has 0 radical (unpaired) electrons. The Morgan fingerprint density at radius 2 is 0.628 bits per heavy atom. The molecule has 0 N–H and O–H groups in total. The van der Waals surface area contributed by atoms with Gasteiger partial charge in [-0.2, -0.15) is 0 Å². The lowest BCUT2D eigenvalue weighted by molar-refractivity contribution is 0.459. The van der Waals surface area contributed by atoms with Crippen molar-refractivity contribution >= 4 is 41.8 Å². The zero-order valence-electron chi connectivity index (χ0n) is 24.4. The van der Waals surface area contributed by atoms with Gasteiger partial charge in [-0.25, -0.2) is 0 Å². The highest BCUT2D eigenvalue weighted by Gasteiger charge is 2.14. The highest BCUT2D eigenvalue weighted by molar-refractivity contribution is 6.20. The van der Waals surface area contributed by atoms with Crippen LogP contribution in [0.3, 0.4) is 0 Å². The number of hydrogen-bond acceptors (Lipinski definition) is 4. The first-order valence-electron chi connectivity index (χ1n) is 14.4. The number of benzene rings is 6. The number of para-hydroxylation sites is 2. The zero-order chi connectivity index (χ0) is 29.4. The van der Waals surface area contributed by atoms with Gasteiger partial charge in [0.2, 0.25) is 0 Å². The van der Waals surface area contributed by atoms with E-state index in [1.54, 1.807) is 0 Å². The summed E-state index contributed by atoms with van der Waals surface area (Å²) in [4.78, 5) is 4.47. The fourth-order valence-corrected chi connectivity index (χ4v) is 4.98. The highest BCUT2D eigenvalue weighted by Crippen LogP contribution is 2.36. The van der Waals surface area contributed by atoms with Gasteiger partial charge in [-0.1, -0.05) is 71.8 Å². The molecule has 0 fully saturated rings. The van der Waals surface area contributed by atoms with Gasteiger partial charge in [0.05, 0.1) is 0 Å². The second-order valence-electron chi connectivity index (χ2n) is 10.4. The van der Waals surface area contributed by atoms with Crippen LogP contribution in [0.15, 0.2) is 158 Å². The van der Waals surface area contributed by atoms with Crippen LogP contribution in [-0.2, 0) is 0 Å². The standard InChI is InChI=1S/C38H33BN2O2/c1-29-13-17-33(18-14-29)40(31-9-5-3-6-10-31)35-21-25-37(26-22-35)42-39-43-38-27-23-36(24-28-38)41(32-11-7-4-8-12-32)34-19-15-30(2)16-20-34/h3-28,39H,1-2H3.